The third-order valence-corrected chi connectivity index (χ3v) is 5.08. The minimum Gasteiger partial charge on any atom is -0.493 e. The number of hydrogen-bond acceptors (Lipinski definition) is 3. The summed E-state index contributed by atoms with van der Waals surface area (Å²) in [6.07, 6.45) is 2.27. The number of rotatable bonds is 1. The number of aryl methyl sites for hydroxylation is 1. The van der Waals surface area contributed by atoms with E-state index in [1.807, 2.05) is 0 Å². The molecular weight excluding hydrogens is 272 g/mol. The Morgan fingerprint density at radius 3 is 2.80 bits per heavy atom. The lowest BCUT2D eigenvalue weighted by Gasteiger charge is -2.35. The molecule has 2 heterocycles. The Hall–Kier alpha value is -0.770. The van der Waals surface area contributed by atoms with Crippen LogP contribution in [0.25, 0.3) is 0 Å². The van der Waals surface area contributed by atoms with Crippen molar-refractivity contribution in [1.29, 1.82) is 0 Å². The minimum absolute atomic E-state index is 0.452. The highest BCUT2D eigenvalue weighted by atomic mass is 35.5. The topological polar surface area (TPSA) is 24.5 Å². The lowest BCUT2D eigenvalue weighted by molar-refractivity contribution is 0.165. The minimum atomic E-state index is 0.452. The van der Waals surface area contributed by atoms with Crippen LogP contribution in [0.5, 0.6) is 5.75 Å². The van der Waals surface area contributed by atoms with Crippen LogP contribution in [-0.4, -0.2) is 37.7 Å². The Bertz CT molecular complexity index is 498. The van der Waals surface area contributed by atoms with Gasteiger partial charge in [-0.3, -0.25) is 4.90 Å². The van der Waals surface area contributed by atoms with E-state index in [1.165, 1.54) is 11.1 Å². The fourth-order valence-corrected chi connectivity index (χ4v) is 3.59. The number of hydrogen-bond donors (Lipinski definition) is 1. The molecule has 0 saturated carbocycles. The maximum Gasteiger partial charge on any atom is 0.124 e. The third kappa shape index (κ3) is 2.54. The second-order valence-corrected chi connectivity index (χ2v) is 6.21. The second-order valence-electron chi connectivity index (χ2n) is 5.84. The van der Waals surface area contributed by atoms with Crippen LogP contribution in [0.3, 0.4) is 0 Å². The summed E-state index contributed by atoms with van der Waals surface area (Å²) in [4.78, 5) is 2.59. The van der Waals surface area contributed by atoms with Gasteiger partial charge in [0, 0.05) is 42.8 Å². The van der Waals surface area contributed by atoms with Crippen molar-refractivity contribution in [3.05, 3.63) is 27.8 Å². The van der Waals surface area contributed by atoms with Crippen LogP contribution in [-0.2, 0) is 0 Å². The summed E-state index contributed by atoms with van der Waals surface area (Å²) in [5.74, 6) is 1.05. The molecule has 1 aromatic carbocycles. The Kier molecular flexibility index (Phi) is 4.20. The van der Waals surface area contributed by atoms with Gasteiger partial charge < -0.3 is 10.1 Å². The van der Waals surface area contributed by atoms with E-state index in [4.69, 9.17) is 16.3 Å². The average molecular weight is 295 g/mol. The van der Waals surface area contributed by atoms with Gasteiger partial charge in [-0.1, -0.05) is 11.6 Å². The van der Waals surface area contributed by atoms with Gasteiger partial charge in [0.25, 0.3) is 0 Å². The van der Waals surface area contributed by atoms with Gasteiger partial charge >= 0.3 is 0 Å². The highest BCUT2D eigenvalue weighted by Gasteiger charge is 2.29. The smallest absolute Gasteiger partial charge is 0.124 e. The van der Waals surface area contributed by atoms with E-state index in [9.17, 15) is 0 Å². The zero-order valence-electron chi connectivity index (χ0n) is 12.3. The van der Waals surface area contributed by atoms with E-state index in [0.717, 1.165) is 62.0 Å². The molecule has 1 fully saturated rings. The summed E-state index contributed by atoms with van der Waals surface area (Å²) in [5.41, 5.74) is 3.64. The fourth-order valence-electron chi connectivity index (χ4n) is 3.43. The molecule has 110 valence electrons. The molecule has 1 saturated heterocycles. The molecule has 1 unspecified atom stereocenters. The lowest BCUT2D eigenvalue weighted by atomic mass is 9.94. The van der Waals surface area contributed by atoms with Crippen molar-refractivity contribution in [3.8, 4) is 5.75 Å². The molecule has 2 aliphatic heterocycles. The standard InChI is InChI=1S/C16H23ClN2O/c1-11-10-14-15(12(2)16(11)17)13(4-3-9-20-14)19-7-5-18-6-8-19/h10,13,18H,3-9H2,1-2H3. The predicted octanol–water partition coefficient (Wildman–Crippen LogP) is 3.08. The first-order chi connectivity index (χ1) is 9.68. The van der Waals surface area contributed by atoms with Crippen LogP contribution in [0.1, 0.15) is 35.6 Å². The van der Waals surface area contributed by atoms with E-state index in [0.29, 0.717) is 6.04 Å². The van der Waals surface area contributed by atoms with Crippen LogP contribution in [0.15, 0.2) is 6.07 Å². The van der Waals surface area contributed by atoms with Gasteiger partial charge in [-0.25, -0.2) is 0 Å². The van der Waals surface area contributed by atoms with Gasteiger partial charge in [0.15, 0.2) is 0 Å². The second kappa shape index (κ2) is 5.92. The van der Waals surface area contributed by atoms with Crippen molar-refractivity contribution in [2.75, 3.05) is 32.8 Å². The monoisotopic (exact) mass is 294 g/mol. The van der Waals surface area contributed by atoms with Crippen molar-refractivity contribution in [2.24, 2.45) is 0 Å². The van der Waals surface area contributed by atoms with Crippen LogP contribution in [0, 0.1) is 13.8 Å². The predicted molar refractivity (Wildman–Crippen MR) is 82.8 cm³/mol. The maximum atomic E-state index is 6.49. The number of fused-ring (bicyclic) bond motifs is 1. The number of piperazine rings is 1. The summed E-state index contributed by atoms with van der Waals surface area (Å²) >= 11 is 6.49. The molecule has 3 rings (SSSR count). The number of ether oxygens (including phenoxy) is 1. The number of nitrogens with zero attached hydrogens (tertiary/aromatic N) is 1. The van der Waals surface area contributed by atoms with Crippen LogP contribution < -0.4 is 10.1 Å². The van der Waals surface area contributed by atoms with Gasteiger partial charge in [0.1, 0.15) is 5.75 Å². The van der Waals surface area contributed by atoms with E-state index in [2.05, 4.69) is 30.1 Å². The number of nitrogens with one attached hydrogen (secondary N) is 1. The molecule has 1 atom stereocenters. The normalized spacial score (nSPS) is 23.9. The summed E-state index contributed by atoms with van der Waals surface area (Å²) in [6.45, 7) is 9.37. The van der Waals surface area contributed by atoms with Crippen molar-refractivity contribution in [3.63, 3.8) is 0 Å². The van der Waals surface area contributed by atoms with Gasteiger partial charge in [0.05, 0.1) is 6.61 Å². The third-order valence-electron chi connectivity index (χ3n) is 4.50. The Morgan fingerprint density at radius 1 is 1.30 bits per heavy atom. The maximum absolute atomic E-state index is 6.49. The molecule has 0 aliphatic carbocycles. The molecule has 2 aliphatic rings. The molecule has 0 spiro atoms. The molecular formula is C16H23ClN2O. The number of halogens is 1. The highest BCUT2D eigenvalue weighted by molar-refractivity contribution is 6.32. The van der Waals surface area contributed by atoms with E-state index in [1.54, 1.807) is 0 Å². The van der Waals surface area contributed by atoms with Gasteiger partial charge in [-0.05, 0) is 43.9 Å². The molecule has 0 radical (unpaired) electrons. The van der Waals surface area contributed by atoms with Crippen LogP contribution in [0.2, 0.25) is 5.02 Å². The van der Waals surface area contributed by atoms with Gasteiger partial charge in [-0.15, -0.1) is 0 Å². The fraction of sp³-hybridized carbons (Fsp3) is 0.625. The van der Waals surface area contributed by atoms with Crippen LogP contribution in [0.4, 0.5) is 0 Å². The van der Waals surface area contributed by atoms with Crippen molar-refractivity contribution in [1.82, 2.24) is 10.2 Å². The highest BCUT2D eigenvalue weighted by Crippen LogP contribution is 2.41. The van der Waals surface area contributed by atoms with Gasteiger partial charge in [-0.2, -0.15) is 0 Å². The quantitative estimate of drug-likeness (QED) is 0.861. The molecule has 0 bridgehead atoms. The van der Waals surface area contributed by atoms with E-state index in [-0.39, 0.29) is 0 Å². The SMILES string of the molecule is Cc1cc2c(c(C)c1Cl)C(N1CCNCC1)CCCO2. The molecule has 3 nitrogen and oxygen atoms in total. The van der Waals surface area contributed by atoms with Crippen molar-refractivity contribution in [2.45, 2.75) is 32.7 Å². The Balaban J connectivity index is 2.03. The zero-order chi connectivity index (χ0) is 14.1. The molecule has 1 aromatic rings. The van der Waals surface area contributed by atoms with Gasteiger partial charge in [0.2, 0.25) is 0 Å². The molecule has 20 heavy (non-hydrogen) atoms. The summed E-state index contributed by atoms with van der Waals surface area (Å²) in [5, 5.41) is 4.33. The first-order valence-electron chi connectivity index (χ1n) is 7.55. The molecule has 4 heteroatoms. The molecule has 0 aromatic heterocycles. The summed E-state index contributed by atoms with van der Waals surface area (Å²) < 4.78 is 5.99. The Morgan fingerprint density at radius 2 is 2.05 bits per heavy atom. The first-order valence-corrected chi connectivity index (χ1v) is 7.93. The zero-order valence-corrected chi connectivity index (χ0v) is 13.1. The summed E-state index contributed by atoms with van der Waals surface area (Å²) in [6, 6.07) is 2.57. The van der Waals surface area contributed by atoms with E-state index >= 15 is 0 Å². The van der Waals surface area contributed by atoms with Crippen LogP contribution >= 0.6 is 11.6 Å². The first kappa shape index (κ1) is 14.2. The Labute approximate surface area is 126 Å². The molecule has 1 N–H and O–H groups in total. The lowest BCUT2D eigenvalue weighted by Crippen LogP contribution is -2.45. The summed E-state index contributed by atoms with van der Waals surface area (Å²) in [7, 11) is 0. The van der Waals surface area contributed by atoms with E-state index < -0.39 is 0 Å². The molecule has 0 amide bonds. The van der Waals surface area contributed by atoms with Crippen molar-refractivity contribution < 1.29 is 4.74 Å². The number of benzene rings is 1. The average Bonchev–Trinajstić information content (AvgIpc) is 2.68. The van der Waals surface area contributed by atoms with Crippen molar-refractivity contribution >= 4 is 11.6 Å². The largest absolute Gasteiger partial charge is 0.493 e.